The molecular formula is C24H28N2O3. The molecule has 1 spiro atoms. The Morgan fingerprint density at radius 2 is 1.76 bits per heavy atom. The number of carbonyl (C=O) groups is 2. The number of morpholine rings is 1. The summed E-state index contributed by atoms with van der Waals surface area (Å²) in [5.74, 6) is -0.0500. The van der Waals surface area contributed by atoms with Gasteiger partial charge in [0.1, 0.15) is 0 Å². The topological polar surface area (TPSA) is 49.9 Å². The molecule has 0 aliphatic carbocycles. The average molecular weight is 392 g/mol. The van der Waals surface area contributed by atoms with Crippen molar-refractivity contribution < 1.29 is 14.3 Å². The van der Waals surface area contributed by atoms with Crippen LogP contribution in [0.3, 0.4) is 0 Å². The minimum Gasteiger partial charge on any atom is -0.361 e. The van der Waals surface area contributed by atoms with Gasteiger partial charge in [-0.3, -0.25) is 9.59 Å². The second-order valence-corrected chi connectivity index (χ2v) is 8.23. The molecule has 29 heavy (non-hydrogen) atoms. The molecule has 0 unspecified atom stereocenters. The van der Waals surface area contributed by atoms with Crippen molar-refractivity contribution in [2.24, 2.45) is 0 Å². The molecule has 2 atom stereocenters. The zero-order chi connectivity index (χ0) is 20.4. The van der Waals surface area contributed by atoms with E-state index in [1.807, 2.05) is 72.2 Å². The number of ether oxygens (including phenoxy) is 1. The fraction of sp³-hybridized carbons (Fsp3) is 0.417. The van der Waals surface area contributed by atoms with Gasteiger partial charge in [0.05, 0.1) is 19.6 Å². The molecule has 0 aromatic heterocycles. The molecule has 2 heterocycles. The van der Waals surface area contributed by atoms with Gasteiger partial charge in [-0.05, 0) is 25.0 Å². The smallest absolute Gasteiger partial charge is 0.257 e. The largest absolute Gasteiger partial charge is 0.361 e. The molecule has 5 heteroatoms. The minimum absolute atomic E-state index is 0.00133. The van der Waals surface area contributed by atoms with Gasteiger partial charge in [0.15, 0.2) is 5.60 Å². The molecule has 152 valence electrons. The fourth-order valence-electron chi connectivity index (χ4n) is 4.51. The number of benzene rings is 2. The van der Waals surface area contributed by atoms with E-state index in [2.05, 4.69) is 12.1 Å². The molecule has 2 aromatic carbocycles. The summed E-state index contributed by atoms with van der Waals surface area (Å²) < 4.78 is 6.23. The molecular weight excluding hydrogens is 364 g/mol. The minimum atomic E-state index is -1.00. The number of carbonyl (C=O) groups excluding carboxylic acids is 2. The van der Waals surface area contributed by atoms with Gasteiger partial charge in [0.25, 0.3) is 5.91 Å². The van der Waals surface area contributed by atoms with Crippen LogP contribution in [0.15, 0.2) is 60.7 Å². The zero-order valence-electron chi connectivity index (χ0n) is 17.1. The van der Waals surface area contributed by atoms with Gasteiger partial charge < -0.3 is 14.5 Å². The van der Waals surface area contributed by atoms with Crippen LogP contribution in [0.4, 0.5) is 0 Å². The van der Waals surface area contributed by atoms with Crippen molar-refractivity contribution in [1.29, 1.82) is 0 Å². The normalized spacial score (nSPS) is 24.5. The van der Waals surface area contributed by atoms with E-state index in [4.69, 9.17) is 4.74 Å². The molecule has 0 radical (unpaired) electrons. The van der Waals surface area contributed by atoms with Crippen molar-refractivity contribution in [3.05, 3.63) is 71.8 Å². The predicted octanol–water partition coefficient (Wildman–Crippen LogP) is 2.86. The third-order valence-electron chi connectivity index (χ3n) is 6.09. The van der Waals surface area contributed by atoms with Gasteiger partial charge in [-0.1, -0.05) is 60.7 Å². The maximum Gasteiger partial charge on any atom is 0.257 e. The Morgan fingerprint density at radius 1 is 1.10 bits per heavy atom. The number of rotatable bonds is 4. The van der Waals surface area contributed by atoms with E-state index in [0.717, 1.165) is 11.1 Å². The maximum absolute atomic E-state index is 13.5. The summed E-state index contributed by atoms with van der Waals surface area (Å²) >= 11 is 0. The third-order valence-corrected chi connectivity index (χ3v) is 6.09. The average Bonchev–Trinajstić information content (AvgIpc) is 3.01. The van der Waals surface area contributed by atoms with Gasteiger partial charge >= 0.3 is 0 Å². The van der Waals surface area contributed by atoms with Crippen LogP contribution in [-0.4, -0.2) is 59.5 Å². The van der Waals surface area contributed by atoms with E-state index in [-0.39, 0.29) is 23.8 Å². The number of likely N-dealkylation sites (tertiary alicyclic amines) is 1. The molecule has 2 fully saturated rings. The van der Waals surface area contributed by atoms with Crippen molar-refractivity contribution in [2.45, 2.75) is 37.8 Å². The van der Waals surface area contributed by atoms with E-state index >= 15 is 0 Å². The van der Waals surface area contributed by atoms with E-state index in [1.54, 1.807) is 0 Å². The van der Waals surface area contributed by atoms with Crippen LogP contribution < -0.4 is 0 Å². The molecule has 0 saturated carbocycles. The molecule has 2 saturated heterocycles. The highest BCUT2D eigenvalue weighted by Crippen LogP contribution is 2.42. The Bertz CT molecular complexity index is 868. The van der Waals surface area contributed by atoms with Gasteiger partial charge in [0, 0.05) is 25.0 Å². The predicted molar refractivity (Wildman–Crippen MR) is 111 cm³/mol. The quantitative estimate of drug-likeness (QED) is 0.804. The van der Waals surface area contributed by atoms with E-state index < -0.39 is 5.60 Å². The highest BCUT2D eigenvalue weighted by Gasteiger charge is 2.58. The van der Waals surface area contributed by atoms with Gasteiger partial charge in [-0.15, -0.1) is 0 Å². The van der Waals surface area contributed by atoms with Crippen molar-refractivity contribution >= 4 is 11.8 Å². The Morgan fingerprint density at radius 3 is 2.41 bits per heavy atom. The highest BCUT2D eigenvalue weighted by molar-refractivity contribution is 5.91. The fourth-order valence-corrected chi connectivity index (χ4v) is 4.51. The maximum atomic E-state index is 13.5. The molecule has 2 amide bonds. The second kappa shape index (κ2) is 7.99. The van der Waals surface area contributed by atoms with Gasteiger partial charge in [0.2, 0.25) is 5.91 Å². The zero-order valence-corrected chi connectivity index (χ0v) is 17.1. The Kier molecular flexibility index (Phi) is 5.41. The summed E-state index contributed by atoms with van der Waals surface area (Å²) in [5.41, 5.74) is 1.07. The number of hydrogen-bond acceptors (Lipinski definition) is 3. The summed E-state index contributed by atoms with van der Waals surface area (Å²) in [6, 6.07) is 19.9. The van der Waals surface area contributed by atoms with Crippen LogP contribution in [0.2, 0.25) is 0 Å². The van der Waals surface area contributed by atoms with Crippen LogP contribution >= 0.6 is 0 Å². The SMILES string of the molecule is CC(C)N1C[C@H](c2ccccc2)[C@]2(CN(C(=O)Cc3ccccc3)CCO2)C1=O. The second-order valence-electron chi connectivity index (χ2n) is 8.23. The first-order chi connectivity index (χ1) is 14.0. The molecule has 2 aliphatic heterocycles. The number of nitrogens with zero attached hydrogens (tertiary/aromatic N) is 2. The van der Waals surface area contributed by atoms with Crippen LogP contribution in [0.25, 0.3) is 0 Å². The summed E-state index contributed by atoms with van der Waals surface area (Å²) in [6.07, 6.45) is 0.342. The molecule has 5 nitrogen and oxygen atoms in total. The monoisotopic (exact) mass is 392 g/mol. The van der Waals surface area contributed by atoms with Crippen LogP contribution in [0, 0.1) is 0 Å². The molecule has 0 bridgehead atoms. The lowest BCUT2D eigenvalue weighted by atomic mass is 9.83. The molecule has 4 rings (SSSR count). The Labute approximate surface area is 172 Å². The van der Waals surface area contributed by atoms with E-state index in [9.17, 15) is 9.59 Å². The van der Waals surface area contributed by atoms with Crippen molar-refractivity contribution in [3.63, 3.8) is 0 Å². The first-order valence-electron chi connectivity index (χ1n) is 10.3. The first-order valence-corrected chi connectivity index (χ1v) is 10.3. The standard InChI is InChI=1S/C24H28N2O3/c1-18(2)26-16-21(20-11-7-4-8-12-20)24(23(26)28)17-25(13-14-29-24)22(27)15-19-9-5-3-6-10-19/h3-12,18,21H,13-17H2,1-2H3/t21-,24-/m1/s1. The van der Waals surface area contributed by atoms with Crippen molar-refractivity contribution in [2.75, 3.05) is 26.2 Å². The number of amides is 2. The lowest BCUT2D eigenvalue weighted by Gasteiger charge is -2.42. The first kappa shape index (κ1) is 19.6. The Balaban J connectivity index is 1.62. The van der Waals surface area contributed by atoms with Crippen molar-refractivity contribution in [3.8, 4) is 0 Å². The lowest BCUT2D eigenvalue weighted by Crippen LogP contribution is -2.60. The van der Waals surface area contributed by atoms with Gasteiger partial charge in [-0.25, -0.2) is 0 Å². The Hall–Kier alpha value is -2.66. The summed E-state index contributed by atoms with van der Waals surface area (Å²) in [4.78, 5) is 30.2. The lowest BCUT2D eigenvalue weighted by molar-refractivity contribution is -0.168. The third kappa shape index (κ3) is 3.67. The van der Waals surface area contributed by atoms with Crippen LogP contribution in [-0.2, 0) is 20.7 Å². The summed E-state index contributed by atoms with van der Waals surface area (Å²) in [6.45, 7) is 5.87. The molecule has 2 aliphatic rings. The van der Waals surface area contributed by atoms with E-state index in [1.165, 1.54) is 0 Å². The summed E-state index contributed by atoms with van der Waals surface area (Å²) in [7, 11) is 0. The van der Waals surface area contributed by atoms with Gasteiger partial charge in [-0.2, -0.15) is 0 Å². The number of hydrogen-bond donors (Lipinski definition) is 0. The molecule has 0 N–H and O–H groups in total. The highest BCUT2D eigenvalue weighted by atomic mass is 16.5. The summed E-state index contributed by atoms with van der Waals surface area (Å²) in [5, 5.41) is 0. The van der Waals surface area contributed by atoms with Crippen LogP contribution in [0.1, 0.15) is 30.9 Å². The van der Waals surface area contributed by atoms with E-state index in [0.29, 0.717) is 32.7 Å². The molecule has 2 aromatic rings. The van der Waals surface area contributed by atoms with Crippen molar-refractivity contribution in [1.82, 2.24) is 9.80 Å². The van der Waals surface area contributed by atoms with Crippen LogP contribution in [0.5, 0.6) is 0 Å².